The highest BCUT2D eigenvalue weighted by Crippen LogP contribution is 2.44. The van der Waals surface area contributed by atoms with Crippen LogP contribution in [0.4, 0.5) is 5.69 Å². The average molecular weight is 492 g/mol. The van der Waals surface area contributed by atoms with Crippen molar-refractivity contribution in [2.75, 3.05) is 11.4 Å². The van der Waals surface area contributed by atoms with Gasteiger partial charge in [-0.05, 0) is 62.1 Å². The number of Topliss-reactive ketones (excluding diaryl/α,β-unsaturated/α-hetero) is 1. The number of rotatable bonds is 6. The molecule has 0 aliphatic carbocycles. The van der Waals surface area contributed by atoms with E-state index in [0.717, 1.165) is 26.7 Å². The zero-order valence-corrected chi connectivity index (χ0v) is 20.1. The van der Waals surface area contributed by atoms with E-state index in [1.807, 2.05) is 75.4 Å². The van der Waals surface area contributed by atoms with Crippen molar-refractivity contribution in [1.82, 2.24) is 0 Å². The average Bonchev–Trinajstić information content (AvgIpc) is 2.93. The summed E-state index contributed by atoms with van der Waals surface area (Å²) >= 11 is 3.45. The molecule has 0 spiro atoms. The van der Waals surface area contributed by atoms with Crippen molar-refractivity contribution in [1.29, 1.82) is 0 Å². The Morgan fingerprint density at radius 1 is 1.00 bits per heavy atom. The number of fused-ring (bicyclic) bond motifs is 1. The molecule has 4 rings (SSSR count). The van der Waals surface area contributed by atoms with Crippen LogP contribution in [0.5, 0.6) is 0 Å². The highest BCUT2D eigenvalue weighted by Gasteiger charge is 2.51. The first-order chi connectivity index (χ1) is 15.2. The monoisotopic (exact) mass is 491 g/mol. The van der Waals surface area contributed by atoms with E-state index in [4.69, 9.17) is 0 Å². The number of hydrogen-bond donors (Lipinski definition) is 1. The molecule has 32 heavy (non-hydrogen) atoms. The molecule has 1 aliphatic heterocycles. The van der Waals surface area contributed by atoms with Crippen LogP contribution in [0.3, 0.4) is 0 Å². The molecule has 1 N–H and O–H groups in total. The van der Waals surface area contributed by atoms with Gasteiger partial charge in [-0.1, -0.05) is 64.0 Å². The molecule has 0 saturated carbocycles. The van der Waals surface area contributed by atoms with E-state index in [-0.39, 0.29) is 12.2 Å². The van der Waals surface area contributed by atoms with E-state index in [2.05, 4.69) is 15.9 Å². The fraction of sp³-hybridized carbons (Fsp3) is 0.259. The molecule has 5 heteroatoms. The molecule has 1 aliphatic rings. The van der Waals surface area contributed by atoms with Gasteiger partial charge in [0.25, 0.3) is 5.91 Å². The van der Waals surface area contributed by atoms with Crippen molar-refractivity contribution in [2.24, 2.45) is 0 Å². The third-order valence-electron chi connectivity index (χ3n) is 6.13. The van der Waals surface area contributed by atoms with Crippen LogP contribution in [0.25, 0.3) is 0 Å². The van der Waals surface area contributed by atoms with Gasteiger partial charge in [0.1, 0.15) is 0 Å². The first kappa shape index (κ1) is 22.4. The van der Waals surface area contributed by atoms with Gasteiger partial charge in [-0.25, -0.2) is 0 Å². The number of anilines is 1. The zero-order chi connectivity index (χ0) is 23.0. The smallest absolute Gasteiger partial charge is 0.264 e. The van der Waals surface area contributed by atoms with E-state index in [0.29, 0.717) is 29.8 Å². The van der Waals surface area contributed by atoms with E-state index < -0.39 is 11.5 Å². The lowest BCUT2D eigenvalue weighted by molar-refractivity contribution is -0.135. The third-order valence-corrected chi connectivity index (χ3v) is 6.63. The molecule has 0 fully saturated rings. The highest BCUT2D eigenvalue weighted by atomic mass is 79.9. The van der Waals surface area contributed by atoms with Crippen LogP contribution in [0.1, 0.15) is 44.6 Å². The van der Waals surface area contributed by atoms with Crippen LogP contribution in [-0.2, 0) is 16.8 Å². The van der Waals surface area contributed by atoms with Crippen molar-refractivity contribution in [2.45, 2.75) is 39.2 Å². The summed E-state index contributed by atoms with van der Waals surface area (Å²) in [6.07, 6.45) is 0.365. The van der Waals surface area contributed by atoms with Gasteiger partial charge in [0.2, 0.25) is 0 Å². The Kier molecular flexibility index (Phi) is 6.06. The van der Waals surface area contributed by atoms with Gasteiger partial charge in [-0.3, -0.25) is 9.59 Å². The molecular formula is C27H26BrNO3. The van der Waals surface area contributed by atoms with Crippen LogP contribution in [-0.4, -0.2) is 23.3 Å². The Bertz CT molecular complexity index is 1180. The Balaban J connectivity index is 1.68. The number of aliphatic hydroxyl groups is 1. The number of nitrogens with zero attached hydrogens (tertiary/aromatic N) is 1. The van der Waals surface area contributed by atoms with Gasteiger partial charge in [0.05, 0.1) is 12.1 Å². The Morgan fingerprint density at radius 2 is 1.66 bits per heavy atom. The standard InChI is InChI=1S/C27H26BrNO3/c1-17-13-18(2)25(19(3)14-17)24(30)16-27(32)22-15-21(28)9-10-23(22)29(26(27)31)12-11-20-7-5-4-6-8-20/h4-10,13-15,32H,11-12,16H2,1-3H3/t27-/m0/s1. The molecule has 3 aromatic carbocycles. The van der Waals surface area contributed by atoms with E-state index in [1.54, 1.807) is 11.0 Å². The Labute approximate surface area is 197 Å². The second-order valence-corrected chi connectivity index (χ2v) is 9.50. The van der Waals surface area contributed by atoms with Crippen molar-refractivity contribution >= 4 is 33.3 Å². The SMILES string of the molecule is Cc1cc(C)c(C(=O)C[C@@]2(O)C(=O)N(CCc3ccccc3)c3ccc(Br)cc32)c(C)c1. The molecule has 1 amide bonds. The maximum Gasteiger partial charge on any atom is 0.264 e. The fourth-order valence-corrected chi connectivity index (χ4v) is 5.10. The van der Waals surface area contributed by atoms with Crippen LogP contribution < -0.4 is 4.90 Å². The van der Waals surface area contributed by atoms with Gasteiger partial charge in [-0.15, -0.1) is 0 Å². The molecule has 1 heterocycles. The number of carbonyl (C=O) groups excluding carboxylic acids is 2. The predicted molar refractivity (Wildman–Crippen MR) is 130 cm³/mol. The lowest BCUT2D eigenvalue weighted by Crippen LogP contribution is -2.42. The zero-order valence-electron chi connectivity index (χ0n) is 18.5. The van der Waals surface area contributed by atoms with Crippen LogP contribution in [0, 0.1) is 20.8 Å². The van der Waals surface area contributed by atoms with Crippen molar-refractivity contribution < 1.29 is 14.7 Å². The number of amides is 1. The van der Waals surface area contributed by atoms with Crippen LogP contribution in [0.15, 0.2) is 65.1 Å². The summed E-state index contributed by atoms with van der Waals surface area (Å²) in [6.45, 7) is 6.20. The number of benzene rings is 3. The number of ketones is 1. The minimum Gasteiger partial charge on any atom is -0.375 e. The summed E-state index contributed by atoms with van der Waals surface area (Å²) in [5.74, 6) is -0.677. The van der Waals surface area contributed by atoms with Gasteiger partial charge >= 0.3 is 0 Å². The summed E-state index contributed by atoms with van der Waals surface area (Å²) in [6, 6.07) is 19.3. The molecule has 3 aromatic rings. The first-order valence-electron chi connectivity index (χ1n) is 10.7. The van der Waals surface area contributed by atoms with E-state index in [9.17, 15) is 14.7 Å². The van der Waals surface area contributed by atoms with E-state index >= 15 is 0 Å². The first-order valence-corrected chi connectivity index (χ1v) is 11.5. The molecule has 0 saturated heterocycles. The summed E-state index contributed by atoms with van der Waals surface area (Å²) in [5.41, 5.74) is 3.72. The van der Waals surface area contributed by atoms with Gasteiger partial charge in [0, 0.05) is 22.1 Å². The van der Waals surface area contributed by atoms with Gasteiger partial charge < -0.3 is 10.0 Å². The molecule has 1 atom stereocenters. The topological polar surface area (TPSA) is 57.6 Å². The summed E-state index contributed by atoms with van der Waals surface area (Å²) in [4.78, 5) is 28.5. The molecule has 0 unspecified atom stereocenters. The quantitative estimate of drug-likeness (QED) is 0.468. The Morgan fingerprint density at radius 3 is 2.31 bits per heavy atom. The molecule has 4 nitrogen and oxygen atoms in total. The van der Waals surface area contributed by atoms with Crippen molar-refractivity contribution in [3.05, 3.63) is 98.5 Å². The number of carbonyl (C=O) groups is 2. The third kappa shape index (κ3) is 4.03. The largest absolute Gasteiger partial charge is 0.375 e. The molecular weight excluding hydrogens is 466 g/mol. The van der Waals surface area contributed by atoms with Crippen LogP contribution in [0.2, 0.25) is 0 Å². The lowest BCUT2D eigenvalue weighted by atomic mass is 9.85. The molecule has 0 bridgehead atoms. The minimum absolute atomic E-state index is 0.230. The normalized spacial score (nSPS) is 17.5. The predicted octanol–water partition coefficient (Wildman–Crippen LogP) is 5.42. The Hall–Kier alpha value is -2.76. The summed E-state index contributed by atoms with van der Waals surface area (Å²) < 4.78 is 0.752. The number of halogens is 1. The fourth-order valence-electron chi connectivity index (χ4n) is 4.74. The summed E-state index contributed by atoms with van der Waals surface area (Å²) in [7, 11) is 0. The molecule has 164 valence electrons. The summed E-state index contributed by atoms with van der Waals surface area (Å²) in [5, 5.41) is 11.6. The number of hydrogen-bond acceptors (Lipinski definition) is 3. The second-order valence-electron chi connectivity index (χ2n) is 8.59. The maximum atomic E-state index is 13.5. The molecule has 0 radical (unpaired) electrons. The van der Waals surface area contributed by atoms with Gasteiger partial charge in [-0.2, -0.15) is 0 Å². The van der Waals surface area contributed by atoms with Gasteiger partial charge in [0.15, 0.2) is 11.4 Å². The maximum absolute atomic E-state index is 13.5. The number of aryl methyl sites for hydroxylation is 3. The minimum atomic E-state index is -1.89. The van der Waals surface area contributed by atoms with Crippen molar-refractivity contribution in [3.63, 3.8) is 0 Å². The van der Waals surface area contributed by atoms with Crippen LogP contribution >= 0.6 is 15.9 Å². The van der Waals surface area contributed by atoms with E-state index in [1.165, 1.54) is 0 Å². The second kappa shape index (κ2) is 8.64. The molecule has 0 aromatic heterocycles. The van der Waals surface area contributed by atoms with Crippen molar-refractivity contribution in [3.8, 4) is 0 Å². The lowest BCUT2D eigenvalue weighted by Gasteiger charge is -2.23. The highest BCUT2D eigenvalue weighted by molar-refractivity contribution is 9.10.